The van der Waals surface area contributed by atoms with Crippen LogP contribution in [0.2, 0.25) is 0 Å². The molecule has 0 unspecified atom stereocenters. The number of hydrogen-bond donors (Lipinski definition) is 3. The van der Waals surface area contributed by atoms with E-state index >= 15 is 0 Å². The monoisotopic (exact) mass is 310 g/mol. The molecule has 116 valence electrons. The molecule has 0 aromatic heterocycles. The summed E-state index contributed by atoms with van der Waals surface area (Å²) in [4.78, 5) is 15.7. The van der Waals surface area contributed by atoms with E-state index in [-0.39, 0.29) is 22.4 Å². The van der Waals surface area contributed by atoms with Gasteiger partial charge in [-0.25, -0.2) is 0 Å². The lowest BCUT2D eigenvalue weighted by molar-refractivity contribution is 0.100. The standard InChI is InChI=1S/C16H14N4O3/c1-23-11-5-2-9(3-6-11)13-10(8-17)4-7-12(21)14(13)15(22)20-16(18)19/h2-7,21H,1H3,(H4,18,19,20,22). The molecule has 0 saturated carbocycles. The minimum Gasteiger partial charge on any atom is -0.507 e. The van der Waals surface area contributed by atoms with Crippen LogP contribution in [-0.2, 0) is 0 Å². The smallest absolute Gasteiger partial charge is 0.284 e. The third-order valence-corrected chi connectivity index (χ3v) is 3.13. The summed E-state index contributed by atoms with van der Waals surface area (Å²) in [7, 11) is 1.53. The van der Waals surface area contributed by atoms with E-state index in [1.807, 2.05) is 6.07 Å². The van der Waals surface area contributed by atoms with Crippen LogP contribution in [-0.4, -0.2) is 24.1 Å². The maximum atomic E-state index is 12.2. The molecule has 0 atom stereocenters. The lowest BCUT2D eigenvalue weighted by Gasteiger charge is -2.11. The number of phenolic OH excluding ortho intramolecular Hbond substituents is 1. The van der Waals surface area contributed by atoms with Crippen LogP contribution >= 0.6 is 0 Å². The molecule has 0 heterocycles. The van der Waals surface area contributed by atoms with Gasteiger partial charge in [-0.3, -0.25) is 4.79 Å². The number of rotatable bonds is 3. The van der Waals surface area contributed by atoms with E-state index in [4.69, 9.17) is 16.2 Å². The summed E-state index contributed by atoms with van der Waals surface area (Å²) in [5, 5.41) is 19.4. The molecule has 1 amide bonds. The topological polar surface area (TPSA) is 135 Å². The number of amides is 1. The van der Waals surface area contributed by atoms with Crippen molar-refractivity contribution in [1.82, 2.24) is 0 Å². The molecule has 23 heavy (non-hydrogen) atoms. The summed E-state index contributed by atoms with van der Waals surface area (Å²) in [6.45, 7) is 0. The molecular weight excluding hydrogens is 296 g/mol. The van der Waals surface area contributed by atoms with E-state index in [0.717, 1.165) is 0 Å². The van der Waals surface area contributed by atoms with Gasteiger partial charge < -0.3 is 21.3 Å². The van der Waals surface area contributed by atoms with Crippen molar-refractivity contribution in [2.75, 3.05) is 7.11 Å². The Morgan fingerprint density at radius 3 is 2.39 bits per heavy atom. The summed E-state index contributed by atoms with van der Waals surface area (Å²) in [5.41, 5.74) is 11.3. The van der Waals surface area contributed by atoms with Gasteiger partial charge in [0.25, 0.3) is 5.91 Å². The molecule has 0 saturated heterocycles. The van der Waals surface area contributed by atoms with Gasteiger partial charge in [0.15, 0.2) is 5.96 Å². The average molecular weight is 310 g/mol. The van der Waals surface area contributed by atoms with Crippen LogP contribution in [0.1, 0.15) is 15.9 Å². The molecule has 2 aromatic rings. The third-order valence-electron chi connectivity index (χ3n) is 3.13. The van der Waals surface area contributed by atoms with Crippen LogP contribution in [0.15, 0.2) is 41.4 Å². The van der Waals surface area contributed by atoms with Crippen LogP contribution in [0.25, 0.3) is 11.1 Å². The summed E-state index contributed by atoms with van der Waals surface area (Å²) in [6.07, 6.45) is 0. The van der Waals surface area contributed by atoms with E-state index in [2.05, 4.69) is 4.99 Å². The number of hydrogen-bond acceptors (Lipinski definition) is 4. The Bertz CT molecular complexity index is 816. The van der Waals surface area contributed by atoms with Gasteiger partial charge in [-0.1, -0.05) is 12.1 Å². The van der Waals surface area contributed by atoms with Crippen molar-refractivity contribution in [3.63, 3.8) is 0 Å². The van der Waals surface area contributed by atoms with E-state index in [1.54, 1.807) is 24.3 Å². The highest BCUT2D eigenvalue weighted by atomic mass is 16.5. The SMILES string of the molecule is COc1ccc(-c2c(C#N)ccc(O)c2C(=O)N=C(N)N)cc1. The summed E-state index contributed by atoms with van der Waals surface area (Å²) in [5.74, 6) is -0.961. The fourth-order valence-electron chi connectivity index (χ4n) is 2.13. The van der Waals surface area contributed by atoms with Crippen molar-refractivity contribution in [3.8, 4) is 28.7 Å². The summed E-state index contributed by atoms with van der Waals surface area (Å²) < 4.78 is 5.08. The van der Waals surface area contributed by atoms with E-state index in [0.29, 0.717) is 11.3 Å². The maximum Gasteiger partial charge on any atom is 0.284 e. The quantitative estimate of drug-likeness (QED) is 0.578. The minimum absolute atomic E-state index is 0.136. The van der Waals surface area contributed by atoms with E-state index in [1.165, 1.54) is 19.2 Å². The van der Waals surface area contributed by atoms with Crippen LogP contribution in [0.3, 0.4) is 0 Å². The zero-order valence-electron chi connectivity index (χ0n) is 12.3. The lowest BCUT2D eigenvalue weighted by Crippen LogP contribution is -2.24. The van der Waals surface area contributed by atoms with Crippen molar-refractivity contribution < 1.29 is 14.6 Å². The second-order valence-electron chi connectivity index (χ2n) is 4.56. The molecule has 2 rings (SSSR count). The number of ether oxygens (including phenoxy) is 1. The molecule has 0 aliphatic heterocycles. The molecule has 0 spiro atoms. The van der Waals surface area contributed by atoms with Crippen molar-refractivity contribution in [2.45, 2.75) is 0 Å². The highest BCUT2D eigenvalue weighted by Crippen LogP contribution is 2.34. The first kappa shape index (κ1) is 15.9. The second-order valence-corrected chi connectivity index (χ2v) is 4.56. The zero-order valence-corrected chi connectivity index (χ0v) is 12.3. The zero-order chi connectivity index (χ0) is 17.0. The first-order valence-electron chi connectivity index (χ1n) is 6.52. The molecular formula is C16H14N4O3. The van der Waals surface area contributed by atoms with E-state index < -0.39 is 11.9 Å². The Morgan fingerprint density at radius 1 is 1.22 bits per heavy atom. The Hall–Kier alpha value is -3.53. The van der Waals surface area contributed by atoms with Crippen molar-refractivity contribution in [1.29, 1.82) is 5.26 Å². The highest BCUT2D eigenvalue weighted by Gasteiger charge is 2.21. The minimum atomic E-state index is -0.828. The lowest BCUT2D eigenvalue weighted by atomic mass is 9.93. The molecule has 0 aliphatic rings. The Morgan fingerprint density at radius 2 is 1.87 bits per heavy atom. The molecule has 2 aromatic carbocycles. The Labute approximate surface area is 132 Å². The number of guanidine groups is 1. The molecule has 7 heteroatoms. The Kier molecular flexibility index (Phi) is 4.47. The van der Waals surface area contributed by atoms with Gasteiger partial charge >= 0.3 is 0 Å². The average Bonchev–Trinajstić information content (AvgIpc) is 2.53. The van der Waals surface area contributed by atoms with Crippen LogP contribution < -0.4 is 16.2 Å². The number of carbonyl (C=O) groups excluding carboxylic acids is 1. The maximum absolute atomic E-state index is 12.2. The van der Waals surface area contributed by atoms with Gasteiger partial charge in [0.2, 0.25) is 0 Å². The number of benzene rings is 2. The number of carbonyl (C=O) groups is 1. The molecule has 0 radical (unpaired) electrons. The Balaban J connectivity index is 2.73. The molecule has 0 fully saturated rings. The van der Waals surface area contributed by atoms with Gasteiger partial charge in [-0.2, -0.15) is 10.3 Å². The summed E-state index contributed by atoms with van der Waals surface area (Å²) >= 11 is 0. The number of aliphatic imine (C=N–C) groups is 1. The first-order chi connectivity index (χ1) is 11.0. The van der Waals surface area contributed by atoms with Crippen molar-refractivity contribution >= 4 is 11.9 Å². The normalized spacial score (nSPS) is 9.74. The molecule has 5 N–H and O–H groups in total. The highest BCUT2D eigenvalue weighted by molar-refractivity contribution is 6.09. The number of nitriles is 1. The largest absolute Gasteiger partial charge is 0.507 e. The fraction of sp³-hybridized carbons (Fsp3) is 0.0625. The van der Waals surface area contributed by atoms with E-state index in [9.17, 15) is 15.2 Å². The molecule has 0 bridgehead atoms. The van der Waals surface area contributed by atoms with Gasteiger partial charge in [-0.15, -0.1) is 0 Å². The van der Waals surface area contributed by atoms with Crippen molar-refractivity contribution in [3.05, 3.63) is 47.5 Å². The van der Waals surface area contributed by atoms with Crippen molar-refractivity contribution in [2.24, 2.45) is 16.5 Å². The summed E-state index contributed by atoms with van der Waals surface area (Å²) in [6, 6.07) is 11.3. The molecule has 0 aliphatic carbocycles. The van der Waals surface area contributed by atoms with Gasteiger partial charge in [-0.05, 0) is 29.8 Å². The van der Waals surface area contributed by atoms with Crippen LogP contribution in [0.4, 0.5) is 0 Å². The number of phenols is 1. The van der Waals surface area contributed by atoms with Gasteiger partial charge in [0.1, 0.15) is 11.5 Å². The van der Waals surface area contributed by atoms with Gasteiger partial charge in [0.05, 0.1) is 24.3 Å². The van der Waals surface area contributed by atoms with Crippen LogP contribution in [0, 0.1) is 11.3 Å². The number of nitrogens with two attached hydrogens (primary N) is 2. The fourth-order valence-corrected chi connectivity index (χ4v) is 2.13. The molecule has 7 nitrogen and oxygen atoms in total. The van der Waals surface area contributed by atoms with Gasteiger partial charge in [0, 0.05) is 5.56 Å². The third kappa shape index (κ3) is 3.22. The van der Waals surface area contributed by atoms with Crippen LogP contribution in [0.5, 0.6) is 11.5 Å². The number of aromatic hydroxyl groups is 1. The predicted molar refractivity (Wildman–Crippen MR) is 85.0 cm³/mol. The number of nitrogens with zero attached hydrogens (tertiary/aromatic N) is 2. The second kappa shape index (κ2) is 6.49. The number of methoxy groups -OCH3 is 1. The first-order valence-corrected chi connectivity index (χ1v) is 6.52. The predicted octanol–water partition coefficient (Wildman–Crippen LogP) is 1.35.